The number of nitrogens with zero attached hydrogens (tertiary/aromatic N) is 2. The summed E-state index contributed by atoms with van der Waals surface area (Å²) in [6, 6.07) is 17.0. The number of aromatic nitrogens is 1. The summed E-state index contributed by atoms with van der Waals surface area (Å²) in [7, 11) is 0. The van der Waals surface area contributed by atoms with Gasteiger partial charge in [-0.15, -0.1) is 0 Å². The molecular formula is C17H15N3O. The molecule has 0 aliphatic carbocycles. The molecule has 21 heavy (non-hydrogen) atoms. The molecule has 2 N–H and O–H groups in total. The Hall–Kier alpha value is -2.88. The molecule has 0 bridgehead atoms. The minimum Gasteiger partial charge on any atom is -0.351 e. The average Bonchev–Trinajstić information content (AvgIpc) is 2.53. The number of benzene rings is 2. The second-order valence-electron chi connectivity index (χ2n) is 4.78. The van der Waals surface area contributed by atoms with Crippen LogP contribution in [-0.2, 0) is 6.54 Å². The molecule has 0 spiro atoms. The highest BCUT2D eigenvalue weighted by molar-refractivity contribution is 6.02. The fourth-order valence-corrected chi connectivity index (χ4v) is 2.39. The summed E-state index contributed by atoms with van der Waals surface area (Å²) >= 11 is 0. The van der Waals surface area contributed by atoms with Gasteiger partial charge in [-0.25, -0.2) is 4.79 Å². The van der Waals surface area contributed by atoms with Crippen molar-refractivity contribution in [3.63, 3.8) is 0 Å². The SMILES string of the molecule is NC(=O)N(Cc1ccccc1)c1cccc2cnccc12. The van der Waals surface area contributed by atoms with Crippen LogP contribution in [0.3, 0.4) is 0 Å². The summed E-state index contributed by atoms with van der Waals surface area (Å²) in [5.74, 6) is 0. The van der Waals surface area contributed by atoms with Crippen LogP contribution in [0.5, 0.6) is 0 Å². The quantitative estimate of drug-likeness (QED) is 0.798. The van der Waals surface area contributed by atoms with Crippen LogP contribution < -0.4 is 10.6 Å². The Morgan fingerprint density at radius 2 is 1.86 bits per heavy atom. The number of pyridine rings is 1. The van der Waals surface area contributed by atoms with E-state index in [1.54, 1.807) is 17.3 Å². The summed E-state index contributed by atoms with van der Waals surface area (Å²) in [5.41, 5.74) is 7.41. The van der Waals surface area contributed by atoms with E-state index in [2.05, 4.69) is 4.98 Å². The Morgan fingerprint density at radius 1 is 1.05 bits per heavy atom. The van der Waals surface area contributed by atoms with Gasteiger partial charge in [0.15, 0.2) is 0 Å². The van der Waals surface area contributed by atoms with Crippen LogP contribution in [0.15, 0.2) is 67.0 Å². The maximum atomic E-state index is 11.9. The molecule has 0 aliphatic heterocycles. The molecule has 104 valence electrons. The monoisotopic (exact) mass is 277 g/mol. The summed E-state index contributed by atoms with van der Waals surface area (Å²) in [6.45, 7) is 0.442. The van der Waals surface area contributed by atoms with Crippen molar-refractivity contribution in [3.8, 4) is 0 Å². The Morgan fingerprint density at radius 3 is 2.62 bits per heavy atom. The lowest BCUT2D eigenvalue weighted by molar-refractivity contribution is 0.253. The molecular weight excluding hydrogens is 262 g/mol. The molecule has 0 fully saturated rings. The first-order valence-electron chi connectivity index (χ1n) is 6.69. The van der Waals surface area contributed by atoms with Gasteiger partial charge in [0, 0.05) is 23.2 Å². The van der Waals surface area contributed by atoms with Gasteiger partial charge >= 0.3 is 6.03 Å². The molecule has 0 aliphatic rings. The summed E-state index contributed by atoms with van der Waals surface area (Å²) < 4.78 is 0. The second-order valence-corrected chi connectivity index (χ2v) is 4.78. The van der Waals surface area contributed by atoms with Gasteiger partial charge in [-0.2, -0.15) is 0 Å². The number of rotatable bonds is 3. The van der Waals surface area contributed by atoms with Crippen LogP contribution in [0.4, 0.5) is 10.5 Å². The van der Waals surface area contributed by atoms with Crippen molar-refractivity contribution in [2.24, 2.45) is 5.73 Å². The molecule has 4 heteroatoms. The number of urea groups is 1. The lowest BCUT2D eigenvalue weighted by Crippen LogP contribution is -2.35. The lowest BCUT2D eigenvalue weighted by atomic mass is 10.1. The third-order valence-electron chi connectivity index (χ3n) is 3.40. The zero-order chi connectivity index (χ0) is 14.7. The van der Waals surface area contributed by atoms with E-state index in [1.807, 2.05) is 54.6 Å². The second kappa shape index (κ2) is 5.63. The van der Waals surface area contributed by atoms with Crippen LogP contribution in [0.1, 0.15) is 5.56 Å². The van der Waals surface area contributed by atoms with Crippen molar-refractivity contribution >= 4 is 22.5 Å². The van der Waals surface area contributed by atoms with E-state index in [4.69, 9.17) is 5.73 Å². The van der Waals surface area contributed by atoms with E-state index in [1.165, 1.54) is 0 Å². The number of hydrogen-bond acceptors (Lipinski definition) is 2. The number of carbonyl (C=O) groups is 1. The average molecular weight is 277 g/mol. The molecule has 0 unspecified atom stereocenters. The minimum absolute atomic E-state index is 0.442. The fourth-order valence-electron chi connectivity index (χ4n) is 2.39. The maximum Gasteiger partial charge on any atom is 0.319 e. The Balaban J connectivity index is 2.06. The van der Waals surface area contributed by atoms with Gasteiger partial charge in [-0.1, -0.05) is 42.5 Å². The highest BCUT2D eigenvalue weighted by Crippen LogP contribution is 2.27. The van der Waals surface area contributed by atoms with Crippen molar-refractivity contribution in [1.82, 2.24) is 4.98 Å². The van der Waals surface area contributed by atoms with Crippen molar-refractivity contribution in [1.29, 1.82) is 0 Å². The van der Waals surface area contributed by atoms with Crippen LogP contribution >= 0.6 is 0 Å². The van der Waals surface area contributed by atoms with Crippen molar-refractivity contribution in [3.05, 3.63) is 72.6 Å². The van der Waals surface area contributed by atoms with E-state index in [9.17, 15) is 4.79 Å². The molecule has 0 saturated carbocycles. The highest BCUT2D eigenvalue weighted by Gasteiger charge is 2.15. The van der Waals surface area contributed by atoms with Crippen LogP contribution in [0.25, 0.3) is 10.8 Å². The van der Waals surface area contributed by atoms with E-state index < -0.39 is 6.03 Å². The smallest absolute Gasteiger partial charge is 0.319 e. The van der Waals surface area contributed by atoms with Crippen LogP contribution in [-0.4, -0.2) is 11.0 Å². The van der Waals surface area contributed by atoms with Gasteiger partial charge in [-0.05, 0) is 17.7 Å². The topological polar surface area (TPSA) is 59.2 Å². The standard InChI is InChI=1S/C17H15N3O/c18-17(21)20(12-13-5-2-1-3-6-13)16-8-4-7-14-11-19-10-9-15(14)16/h1-11H,12H2,(H2,18,21). The summed E-state index contributed by atoms with van der Waals surface area (Å²) in [4.78, 5) is 17.6. The first-order valence-corrected chi connectivity index (χ1v) is 6.69. The van der Waals surface area contributed by atoms with Gasteiger partial charge < -0.3 is 5.73 Å². The van der Waals surface area contributed by atoms with Gasteiger partial charge in [-0.3, -0.25) is 9.88 Å². The third kappa shape index (κ3) is 2.69. The first-order chi connectivity index (χ1) is 10.3. The lowest BCUT2D eigenvalue weighted by Gasteiger charge is -2.22. The summed E-state index contributed by atoms with van der Waals surface area (Å²) in [6.07, 6.45) is 3.49. The van der Waals surface area contributed by atoms with Crippen molar-refractivity contribution in [2.75, 3.05) is 4.90 Å². The molecule has 3 rings (SSSR count). The molecule has 0 atom stereocenters. The zero-order valence-electron chi connectivity index (χ0n) is 11.4. The van der Waals surface area contributed by atoms with Crippen LogP contribution in [0.2, 0.25) is 0 Å². The van der Waals surface area contributed by atoms with E-state index in [0.717, 1.165) is 22.0 Å². The van der Waals surface area contributed by atoms with E-state index in [-0.39, 0.29) is 0 Å². The van der Waals surface area contributed by atoms with Crippen molar-refractivity contribution in [2.45, 2.75) is 6.54 Å². The molecule has 3 aromatic rings. The Labute approximate surface area is 122 Å². The fraction of sp³-hybridized carbons (Fsp3) is 0.0588. The van der Waals surface area contributed by atoms with Crippen LogP contribution in [0, 0.1) is 0 Å². The number of hydrogen-bond donors (Lipinski definition) is 1. The number of carbonyl (C=O) groups excluding carboxylic acids is 1. The van der Waals surface area contributed by atoms with E-state index in [0.29, 0.717) is 6.54 Å². The number of fused-ring (bicyclic) bond motifs is 1. The van der Waals surface area contributed by atoms with Gasteiger partial charge in [0.25, 0.3) is 0 Å². The summed E-state index contributed by atoms with van der Waals surface area (Å²) in [5, 5.41) is 1.94. The largest absolute Gasteiger partial charge is 0.351 e. The zero-order valence-corrected chi connectivity index (χ0v) is 11.4. The Kier molecular flexibility index (Phi) is 3.51. The predicted molar refractivity (Wildman–Crippen MR) is 84.0 cm³/mol. The number of nitrogens with two attached hydrogens (primary N) is 1. The van der Waals surface area contributed by atoms with E-state index >= 15 is 0 Å². The molecule has 1 heterocycles. The third-order valence-corrected chi connectivity index (χ3v) is 3.40. The normalized spacial score (nSPS) is 10.5. The minimum atomic E-state index is -0.469. The molecule has 2 aromatic carbocycles. The number of primary amides is 1. The number of anilines is 1. The molecule has 4 nitrogen and oxygen atoms in total. The number of amides is 2. The molecule has 2 amide bonds. The van der Waals surface area contributed by atoms with Gasteiger partial charge in [0.1, 0.15) is 0 Å². The van der Waals surface area contributed by atoms with Crippen molar-refractivity contribution < 1.29 is 4.79 Å². The molecule has 1 aromatic heterocycles. The van der Waals surface area contributed by atoms with Gasteiger partial charge in [0.2, 0.25) is 0 Å². The first kappa shape index (κ1) is 13.1. The molecule has 0 saturated heterocycles. The Bertz CT molecular complexity index is 766. The highest BCUT2D eigenvalue weighted by atomic mass is 16.2. The maximum absolute atomic E-state index is 11.9. The van der Waals surface area contributed by atoms with Gasteiger partial charge in [0.05, 0.1) is 12.2 Å². The predicted octanol–water partition coefficient (Wildman–Crippen LogP) is 3.32. The molecule has 0 radical (unpaired) electrons.